The molecule has 14 nitrogen and oxygen atoms in total. The first-order valence-corrected chi connectivity index (χ1v) is 20.7. The van der Waals surface area contributed by atoms with Gasteiger partial charge >= 0.3 is 23.9 Å². The zero-order valence-corrected chi connectivity index (χ0v) is 36.6. The molecule has 0 amide bonds. The van der Waals surface area contributed by atoms with E-state index in [1.807, 2.05) is 19.9 Å². The van der Waals surface area contributed by atoms with E-state index >= 15 is 0 Å². The third-order valence-corrected chi connectivity index (χ3v) is 11.1. The number of esters is 4. The molecule has 0 aliphatic carbocycles. The molecule has 3 aliphatic rings. The van der Waals surface area contributed by atoms with Crippen molar-refractivity contribution in [2.75, 3.05) is 35.5 Å². The van der Waals surface area contributed by atoms with Crippen molar-refractivity contribution in [2.24, 2.45) is 11.8 Å². The van der Waals surface area contributed by atoms with E-state index in [0.29, 0.717) is 22.6 Å². The molecule has 4 bridgehead atoms. The van der Waals surface area contributed by atoms with Gasteiger partial charge in [-0.1, -0.05) is 67.9 Å². The van der Waals surface area contributed by atoms with E-state index in [1.165, 1.54) is 39.6 Å². The Bertz CT molecular complexity index is 1970. The Morgan fingerprint density at radius 3 is 1.98 bits per heavy atom. The predicted octanol–water partition coefficient (Wildman–Crippen LogP) is 6.59. The van der Waals surface area contributed by atoms with Gasteiger partial charge < -0.3 is 47.4 Å². The van der Waals surface area contributed by atoms with Gasteiger partial charge in [0.15, 0.2) is 18.3 Å². The molecular formula is C47H55ClO14. The van der Waals surface area contributed by atoms with Crippen LogP contribution in [0.25, 0.3) is 12.2 Å². The number of methoxy groups -OCH3 is 5. The Morgan fingerprint density at radius 2 is 1.42 bits per heavy atom. The molecule has 11 atom stereocenters. The van der Waals surface area contributed by atoms with Crippen molar-refractivity contribution < 1.29 is 66.5 Å². The van der Waals surface area contributed by atoms with Crippen LogP contribution in [-0.4, -0.2) is 114 Å². The molecule has 15 heteroatoms. The van der Waals surface area contributed by atoms with Crippen molar-refractivity contribution >= 4 is 47.6 Å². The molecule has 0 aromatic heterocycles. The van der Waals surface area contributed by atoms with Crippen molar-refractivity contribution in [1.82, 2.24) is 0 Å². The molecule has 0 N–H and O–H groups in total. The molecule has 0 radical (unpaired) electrons. The Labute approximate surface area is 367 Å². The second-order valence-electron chi connectivity index (χ2n) is 15.1. The summed E-state index contributed by atoms with van der Waals surface area (Å²) in [4.78, 5) is 53.1. The first-order chi connectivity index (χ1) is 29.8. The molecule has 0 unspecified atom stereocenters. The van der Waals surface area contributed by atoms with E-state index in [4.69, 9.17) is 59.0 Å². The van der Waals surface area contributed by atoms with Crippen LogP contribution in [0.2, 0.25) is 0 Å². The molecule has 5 rings (SSSR count). The summed E-state index contributed by atoms with van der Waals surface area (Å²) in [5.74, 6) is -1.81. The molecule has 0 spiro atoms. The summed E-state index contributed by atoms with van der Waals surface area (Å²) in [6.45, 7) is 3.69. The zero-order valence-electron chi connectivity index (χ0n) is 35.9. The van der Waals surface area contributed by atoms with Gasteiger partial charge in [0.1, 0.15) is 42.0 Å². The lowest BCUT2D eigenvalue weighted by Gasteiger charge is -2.29. The first kappa shape index (κ1) is 47.8. The van der Waals surface area contributed by atoms with Crippen molar-refractivity contribution in [2.45, 2.75) is 88.0 Å². The maximum absolute atomic E-state index is 14.1. The average molecular weight is 879 g/mol. The van der Waals surface area contributed by atoms with E-state index in [-0.39, 0.29) is 36.2 Å². The van der Waals surface area contributed by atoms with Gasteiger partial charge in [0, 0.05) is 37.8 Å². The number of allylic oxidation sites excluding steroid dienone is 3. The number of carbonyl (C=O) groups is 4. The topological polar surface area (TPSA) is 161 Å². The number of halogens is 1. The maximum atomic E-state index is 14.1. The van der Waals surface area contributed by atoms with Crippen LogP contribution in [0.15, 0.2) is 96.1 Å². The number of carbonyl (C=O) groups excluding carboxylic acids is 4. The molecule has 62 heavy (non-hydrogen) atoms. The Balaban J connectivity index is 1.49. The highest BCUT2D eigenvalue weighted by Gasteiger charge is 2.50. The summed E-state index contributed by atoms with van der Waals surface area (Å²) in [6.07, 6.45) is 6.14. The lowest BCUT2D eigenvalue weighted by atomic mass is 9.96. The third-order valence-electron chi connectivity index (χ3n) is 10.7. The van der Waals surface area contributed by atoms with Gasteiger partial charge in [-0.15, -0.1) is 0 Å². The van der Waals surface area contributed by atoms with Crippen molar-refractivity contribution in [3.8, 4) is 11.5 Å². The van der Waals surface area contributed by atoms with Crippen LogP contribution in [0.4, 0.5) is 0 Å². The monoisotopic (exact) mass is 878 g/mol. The van der Waals surface area contributed by atoms with Crippen LogP contribution in [0.1, 0.15) is 44.2 Å². The lowest BCUT2D eigenvalue weighted by molar-refractivity contribution is -0.179. The number of ether oxygens (including phenoxy) is 10. The highest BCUT2D eigenvalue weighted by molar-refractivity contribution is 6.30. The summed E-state index contributed by atoms with van der Waals surface area (Å²) >= 11 is 6.90. The number of benzene rings is 2. The largest absolute Gasteiger partial charge is 0.497 e. The summed E-state index contributed by atoms with van der Waals surface area (Å²) in [5.41, 5.74) is 1.41. The predicted molar refractivity (Wildman–Crippen MR) is 229 cm³/mol. The van der Waals surface area contributed by atoms with Crippen molar-refractivity contribution in [3.05, 3.63) is 107 Å². The minimum absolute atomic E-state index is 0.156. The fraction of sp³-hybridized carbons (Fsp3) is 0.447. The van der Waals surface area contributed by atoms with Gasteiger partial charge in [0.05, 0.1) is 33.9 Å². The van der Waals surface area contributed by atoms with Crippen molar-refractivity contribution in [1.29, 1.82) is 0 Å². The highest BCUT2D eigenvalue weighted by atomic mass is 35.5. The van der Waals surface area contributed by atoms with Crippen LogP contribution < -0.4 is 9.47 Å². The van der Waals surface area contributed by atoms with Gasteiger partial charge in [0.2, 0.25) is 0 Å². The lowest BCUT2D eigenvalue weighted by Crippen LogP contribution is -2.43. The fourth-order valence-electron chi connectivity index (χ4n) is 7.40. The summed E-state index contributed by atoms with van der Waals surface area (Å²) < 4.78 is 58.1. The molecule has 3 aliphatic heterocycles. The van der Waals surface area contributed by atoms with Gasteiger partial charge in [-0.05, 0) is 78.0 Å². The molecule has 334 valence electrons. The summed E-state index contributed by atoms with van der Waals surface area (Å²) in [7, 11) is 7.43. The zero-order chi connectivity index (χ0) is 44.8. The third kappa shape index (κ3) is 13.1. The normalized spacial score (nSPS) is 28.9. The second-order valence-corrected chi connectivity index (χ2v) is 15.5. The van der Waals surface area contributed by atoms with E-state index in [2.05, 4.69) is 0 Å². The Morgan fingerprint density at radius 1 is 0.806 bits per heavy atom. The molecule has 2 aromatic rings. The first-order valence-electron chi connectivity index (χ1n) is 20.3. The van der Waals surface area contributed by atoms with Gasteiger partial charge in [-0.3, -0.25) is 4.79 Å². The Kier molecular flexibility index (Phi) is 17.9. The van der Waals surface area contributed by atoms with Crippen LogP contribution in [0.5, 0.6) is 11.5 Å². The smallest absolute Gasteiger partial charge is 0.335 e. The van der Waals surface area contributed by atoms with Crippen molar-refractivity contribution in [3.63, 3.8) is 0 Å². The van der Waals surface area contributed by atoms with E-state index in [0.717, 1.165) is 0 Å². The molecule has 3 heterocycles. The van der Waals surface area contributed by atoms with Crippen LogP contribution in [0, 0.1) is 11.8 Å². The number of fused-ring (bicyclic) bond motifs is 4. The Hall–Kier alpha value is -5.25. The minimum atomic E-state index is -1.24. The molecule has 2 aromatic carbocycles. The van der Waals surface area contributed by atoms with Gasteiger partial charge in [-0.2, -0.15) is 0 Å². The molecule has 0 saturated carbocycles. The summed E-state index contributed by atoms with van der Waals surface area (Å²) in [6, 6.07) is 14.1. The van der Waals surface area contributed by atoms with E-state index < -0.39 is 78.8 Å². The number of hydrogen-bond acceptors (Lipinski definition) is 14. The maximum Gasteiger partial charge on any atom is 0.335 e. The van der Waals surface area contributed by atoms with Gasteiger partial charge in [0.25, 0.3) is 0 Å². The van der Waals surface area contributed by atoms with Crippen LogP contribution >= 0.6 is 11.6 Å². The highest BCUT2D eigenvalue weighted by Crippen LogP contribution is 2.37. The number of hydrogen-bond donors (Lipinski definition) is 0. The second kappa shape index (κ2) is 23.3. The standard InChI is InChI=1S/C47H55ClO14/c1-28(25-42(51)56-6)11-22-35(55-5)45-39-27-38(60-45)44(57-7)34(48)9-8-10-36(58-40(49)23-16-30-12-18-32(53-3)19-13-30)46(37-26-29(2)43(59-37)47(52)61-39)62-41(50)24-17-31-14-20-33(54-4)21-15-31/h8-24,28-29,35-39,43-46H,25-27H2,1-7H3/b10-8-,22-11+,23-16+,24-17+,34-9+/t28-,29+,35+,36-,37+,38+,39-,43+,44-,45-,46-/m0/s1. The fourth-order valence-corrected chi connectivity index (χ4v) is 7.70. The van der Waals surface area contributed by atoms with Crippen LogP contribution in [-0.2, 0) is 57.1 Å². The summed E-state index contributed by atoms with van der Waals surface area (Å²) in [5, 5.41) is 0.220. The quantitative estimate of drug-likeness (QED) is 0.0815. The van der Waals surface area contributed by atoms with E-state index in [1.54, 1.807) is 93.1 Å². The number of rotatable bonds is 15. The average Bonchev–Trinajstić information content (AvgIpc) is 3.87. The SMILES string of the molecule is COC(=O)C[C@@H](C)/C=C/[C@@H](OC)[C@@H]1O[C@@H]2C[C@@H]1OC(=O)[C@@H]1O[C@H](C[C@H]1C)[C@@H](OC(=O)/C=C/c1ccc(OC)cc1)[C@@H](OC(=O)/C=C/c1ccc(OC)cc1)/C=C\C=C(\Cl)[C@@H]2OC. The molecular weight excluding hydrogens is 824 g/mol. The molecule has 2 saturated heterocycles. The van der Waals surface area contributed by atoms with E-state index in [9.17, 15) is 19.2 Å². The molecule has 2 fully saturated rings. The van der Waals surface area contributed by atoms with Gasteiger partial charge in [-0.25, -0.2) is 14.4 Å². The van der Waals surface area contributed by atoms with Crippen LogP contribution in [0.3, 0.4) is 0 Å². The minimum Gasteiger partial charge on any atom is -0.497 e.